The normalized spacial score (nSPS) is 16.9. The molecule has 0 bridgehead atoms. The van der Waals surface area contributed by atoms with Crippen molar-refractivity contribution in [3.63, 3.8) is 0 Å². The first-order valence-corrected chi connectivity index (χ1v) is 10.00. The second kappa shape index (κ2) is 8.13. The van der Waals surface area contributed by atoms with E-state index >= 15 is 0 Å². The molecule has 2 aromatic carbocycles. The number of pyridine rings is 1. The van der Waals surface area contributed by atoms with E-state index in [1.54, 1.807) is 18.2 Å². The second-order valence-electron chi connectivity index (χ2n) is 7.74. The van der Waals surface area contributed by atoms with Gasteiger partial charge >= 0.3 is 5.97 Å². The lowest BCUT2D eigenvalue weighted by Crippen LogP contribution is -2.12. The Morgan fingerprint density at radius 3 is 2.83 bits per heavy atom. The van der Waals surface area contributed by atoms with Gasteiger partial charge in [-0.2, -0.15) is 5.26 Å². The molecular weight excluding hydrogens is 378 g/mol. The summed E-state index contributed by atoms with van der Waals surface area (Å²) in [6.45, 7) is 5.29. The fourth-order valence-electron chi connectivity index (χ4n) is 4.11. The lowest BCUT2D eigenvalue weighted by atomic mass is 9.92. The third-order valence-electron chi connectivity index (χ3n) is 5.61. The first kappa shape index (κ1) is 19.9. The number of nitriles is 1. The highest BCUT2D eigenvalue weighted by molar-refractivity contribution is 5.94. The van der Waals surface area contributed by atoms with E-state index in [0.29, 0.717) is 24.6 Å². The van der Waals surface area contributed by atoms with Crippen molar-refractivity contribution >= 4 is 22.6 Å². The fraction of sp³-hybridized carbons (Fsp3) is 0.292. The summed E-state index contributed by atoms with van der Waals surface area (Å²) in [5.74, 6) is -0.801. The Labute approximate surface area is 175 Å². The Balaban J connectivity index is 1.81. The highest BCUT2D eigenvalue weighted by Gasteiger charge is 2.24. The maximum atomic E-state index is 11.6. The van der Waals surface area contributed by atoms with Crippen molar-refractivity contribution < 1.29 is 14.6 Å². The zero-order chi connectivity index (χ0) is 21.3. The van der Waals surface area contributed by atoms with E-state index in [-0.39, 0.29) is 17.5 Å². The van der Waals surface area contributed by atoms with E-state index < -0.39 is 5.97 Å². The molecule has 152 valence electrons. The van der Waals surface area contributed by atoms with Crippen molar-refractivity contribution in [2.45, 2.75) is 32.2 Å². The van der Waals surface area contributed by atoms with E-state index in [0.717, 1.165) is 34.0 Å². The molecule has 2 atom stereocenters. The lowest BCUT2D eigenvalue weighted by molar-refractivity contribution is 0.0698. The van der Waals surface area contributed by atoms with Gasteiger partial charge in [0.1, 0.15) is 11.8 Å². The minimum atomic E-state index is -0.969. The number of para-hydroxylation sites is 1. The number of benzene rings is 2. The van der Waals surface area contributed by atoms with Crippen LogP contribution in [0.1, 0.15) is 58.0 Å². The zero-order valence-electron chi connectivity index (χ0n) is 17.0. The van der Waals surface area contributed by atoms with Gasteiger partial charge < -0.3 is 15.2 Å². The Bertz CT molecular complexity index is 1160. The molecule has 0 spiro atoms. The Kier molecular flexibility index (Phi) is 5.39. The van der Waals surface area contributed by atoms with Crippen LogP contribution in [0.2, 0.25) is 0 Å². The molecule has 0 unspecified atom stereocenters. The number of carboxylic acids is 1. The first-order chi connectivity index (χ1) is 14.5. The third kappa shape index (κ3) is 3.72. The topological polar surface area (TPSA) is 95.2 Å². The minimum absolute atomic E-state index is 0.157. The van der Waals surface area contributed by atoms with Crippen molar-refractivity contribution in [3.05, 3.63) is 70.4 Å². The Morgan fingerprint density at radius 1 is 1.33 bits per heavy atom. The van der Waals surface area contributed by atoms with Gasteiger partial charge in [-0.1, -0.05) is 18.2 Å². The number of aromatic carboxylic acids is 1. The highest BCUT2D eigenvalue weighted by Crippen LogP contribution is 2.34. The average molecular weight is 401 g/mol. The van der Waals surface area contributed by atoms with E-state index in [2.05, 4.69) is 28.5 Å². The van der Waals surface area contributed by atoms with E-state index in [4.69, 9.17) is 4.74 Å². The standard InChI is InChI=1S/C24H23N3O3/c1-14-9-18(15(2)26-21-6-4-3-5-17(21)24(28)29)20-11-19(16-7-8-30-13-16)23(12-25)27-22(20)10-14/h3-6,9-11,15-16,26H,7-8,13H2,1-2H3,(H,28,29)/t15-,16-/m1/s1. The van der Waals surface area contributed by atoms with Crippen LogP contribution < -0.4 is 5.32 Å². The summed E-state index contributed by atoms with van der Waals surface area (Å²) in [4.78, 5) is 16.2. The average Bonchev–Trinajstić information content (AvgIpc) is 3.27. The molecule has 0 radical (unpaired) electrons. The molecule has 1 fully saturated rings. The smallest absolute Gasteiger partial charge is 0.337 e. The number of hydrogen-bond donors (Lipinski definition) is 2. The first-order valence-electron chi connectivity index (χ1n) is 10.00. The number of hydrogen-bond acceptors (Lipinski definition) is 5. The summed E-state index contributed by atoms with van der Waals surface area (Å²) < 4.78 is 5.53. The number of anilines is 1. The molecular formula is C24H23N3O3. The van der Waals surface area contributed by atoms with Crippen LogP contribution in [0.25, 0.3) is 10.9 Å². The molecule has 0 saturated carbocycles. The molecule has 2 heterocycles. The van der Waals surface area contributed by atoms with Crippen molar-refractivity contribution in [3.8, 4) is 6.07 Å². The molecule has 2 N–H and O–H groups in total. The molecule has 6 heteroatoms. The molecule has 0 aliphatic carbocycles. The Morgan fingerprint density at radius 2 is 2.13 bits per heavy atom. The van der Waals surface area contributed by atoms with Crippen LogP contribution in [0.4, 0.5) is 5.69 Å². The molecule has 3 aromatic rings. The van der Waals surface area contributed by atoms with Gasteiger partial charge in [-0.05, 0) is 61.2 Å². The number of nitrogens with zero attached hydrogens (tertiary/aromatic N) is 2. The largest absolute Gasteiger partial charge is 0.478 e. The summed E-state index contributed by atoms with van der Waals surface area (Å²) in [5, 5.41) is 23.4. The number of rotatable bonds is 5. The predicted molar refractivity (Wildman–Crippen MR) is 115 cm³/mol. The highest BCUT2D eigenvalue weighted by atomic mass is 16.5. The maximum absolute atomic E-state index is 11.6. The molecule has 1 aromatic heterocycles. The number of ether oxygens (including phenoxy) is 1. The molecule has 1 saturated heterocycles. The van der Waals surface area contributed by atoms with E-state index in [9.17, 15) is 15.2 Å². The molecule has 1 aliphatic rings. The number of aromatic nitrogens is 1. The third-order valence-corrected chi connectivity index (χ3v) is 5.61. The van der Waals surface area contributed by atoms with Crippen molar-refractivity contribution in [2.24, 2.45) is 0 Å². The van der Waals surface area contributed by atoms with Crippen LogP contribution in [0.15, 0.2) is 42.5 Å². The number of carboxylic acid groups (broad SMARTS) is 1. The molecule has 1 aliphatic heterocycles. The summed E-state index contributed by atoms with van der Waals surface area (Å²) in [5.41, 5.74) is 4.99. The molecule has 4 rings (SSSR count). The number of aryl methyl sites for hydroxylation is 1. The van der Waals surface area contributed by atoms with Crippen LogP contribution in [0, 0.1) is 18.3 Å². The number of fused-ring (bicyclic) bond motifs is 1. The second-order valence-corrected chi connectivity index (χ2v) is 7.74. The van der Waals surface area contributed by atoms with Crippen LogP contribution in [0.5, 0.6) is 0 Å². The zero-order valence-corrected chi connectivity index (χ0v) is 17.0. The van der Waals surface area contributed by atoms with Gasteiger partial charge in [-0.25, -0.2) is 9.78 Å². The van der Waals surface area contributed by atoms with Gasteiger partial charge in [0.15, 0.2) is 0 Å². The van der Waals surface area contributed by atoms with Crippen LogP contribution >= 0.6 is 0 Å². The maximum Gasteiger partial charge on any atom is 0.337 e. The predicted octanol–water partition coefficient (Wildman–Crippen LogP) is 4.79. The molecule has 6 nitrogen and oxygen atoms in total. The number of carbonyl (C=O) groups is 1. The van der Waals surface area contributed by atoms with Gasteiger partial charge in [0, 0.05) is 29.6 Å². The van der Waals surface area contributed by atoms with E-state index in [1.165, 1.54) is 0 Å². The number of nitrogens with one attached hydrogen (secondary N) is 1. The fourth-order valence-corrected chi connectivity index (χ4v) is 4.11. The molecule has 0 amide bonds. The van der Waals surface area contributed by atoms with Crippen LogP contribution in [-0.4, -0.2) is 29.3 Å². The monoisotopic (exact) mass is 401 g/mol. The van der Waals surface area contributed by atoms with Crippen molar-refractivity contribution in [2.75, 3.05) is 18.5 Å². The summed E-state index contributed by atoms with van der Waals surface area (Å²) in [6, 6.07) is 15.1. The van der Waals surface area contributed by atoms with Crippen LogP contribution in [-0.2, 0) is 4.74 Å². The lowest BCUT2D eigenvalue weighted by Gasteiger charge is -2.21. The Hall–Kier alpha value is -3.43. The van der Waals surface area contributed by atoms with Gasteiger partial charge in [0.25, 0.3) is 0 Å². The van der Waals surface area contributed by atoms with Crippen molar-refractivity contribution in [1.29, 1.82) is 5.26 Å². The quantitative estimate of drug-likeness (QED) is 0.638. The van der Waals surface area contributed by atoms with Crippen LogP contribution in [0.3, 0.4) is 0 Å². The van der Waals surface area contributed by atoms with Gasteiger partial charge in [-0.3, -0.25) is 0 Å². The van der Waals surface area contributed by atoms with Gasteiger partial charge in [-0.15, -0.1) is 0 Å². The summed E-state index contributed by atoms with van der Waals surface area (Å²) >= 11 is 0. The SMILES string of the molecule is Cc1cc([C@@H](C)Nc2ccccc2C(=O)O)c2cc([C@@H]3CCOC3)c(C#N)nc2c1. The molecule has 30 heavy (non-hydrogen) atoms. The minimum Gasteiger partial charge on any atom is -0.478 e. The van der Waals surface area contributed by atoms with E-state index in [1.807, 2.05) is 26.0 Å². The summed E-state index contributed by atoms with van der Waals surface area (Å²) in [6.07, 6.45) is 0.878. The van der Waals surface area contributed by atoms with Crippen molar-refractivity contribution in [1.82, 2.24) is 4.98 Å². The van der Waals surface area contributed by atoms with Gasteiger partial charge in [0.2, 0.25) is 0 Å². The summed E-state index contributed by atoms with van der Waals surface area (Å²) in [7, 11) is 0. The van der Waals surface area contributed by atoms with Gasteiger partial charge in [0.05, 0.1) is 17.7 Å².